The standard InChI is InChI=1S/C15H22N2O4/c1-20-15-12-13(17(18)19)6-7-14(15)21-11-5-10-16-8-3-2-4-9-16/h6-7,12H,2-5,8-11H2,1H3/p+1. The Balaban J connectivity index is 1.80. The Morgan fingerprint density at radius 2 is 2.00 bits per heavy atom. The summed E-state index contributed by atoms with van der Waals surface area (Å²) in [4.78, 5) is 11.9. The molecule has 1 heterocycles. The highest BCUT2D eigenvalue weighted by Crippen LogP contribution is 2.31. The van der Waals surface area contributed by atoms with Crippen molar-refractivity contribution in [2.45, 2.75) is 25.7 Å². The van der Waals surface area contributed by atoms with Gasteiger partial charge >= 0.3 is 0 Å². The van der Waals surface area contributed by atoms with Crippen LogP contribution in [0.15, 0.2) is 18.2 Å². The summed E-state index contributed by atoms with van der Waals surface area (Å²) in [6, 6.07) is 4.43. The molecule has 0 radical (unpaired) electrons. The number of methoxy groups -OCH3 is 1. The van der Waals surface area contributed by atoms with Gasteiger partial charge in [-0.05, 0) is 25.3 Å². The monoisotopic (exact) mass is 295 g/mol. The second kappa shape index (κ2) is 7.83. The molecular weight excluding hydrogens is 272 g/mol. The zero-order chi connectivity index (χ0) is 15.1. The summed E-state index contributed by atoms with van der Waals surface area (Å²) in [7, 11) is 1.49. The molecule has 116 valence electrons. The number of nitrogens with one attached hydrogen (secondary N) is 1. The first-order valence-corrected chi connectivity index (χ1v) is 7.49. The molecule has 0 spiro atoms. The van der Waals surface area contributed by atoms with E-state index in [9.17, 15) is 10.1 Å². The Kier molecular flexibility index (Phi) is 5.80. The van der Waals surface area contributed by atoms with Crippen molar-refractivity contribution in [1.82, 2.24) is 0 Å². The summed E-state index contributed by atoms with van der Waals surface area (Å²) < 4.78 is 10.8. The highest BCUT2D eigenvalue weighted by molar-refractivity contribution is 5.48. The van der Waals surface area contributed by atoms with Gasteiger partial charge in [-0.2, -0.15) is 0 Å². The van der Waals surface area contributed by atoms with E-state index in [0.29, 0.717) is 18.1 Å². The zero-order valence-electron chi connectivity index (χ0n) is 12.5. The van der Waals surface area contributed by atoms with E-state index in [0.717, 1.165) is 13.0 Å². The number of non-ortho nitro benzene ring substituents is 1. The second-order valence-electron chi connectivity index (χ2n) is 5.35. The molecular formula is C15H23N2O4+. The third-order valence-corrected chi connectivity index (χ3v) is 3.85. The van der Waals surface area contributed by atoms with E-state index in [1.807, 2.05) is 0 Å². The highest BCUT2D eigenvalue weighted by atomic mass is 16.6. The first-order valence-electron chi connectivity index (χ1n) is 7.49. The summed E-state index contributed by atoms with van der Waals surface area (Å²) in [6.45, 7) is 4.26. The first kappa shape index (κ1) is 15.6. The SMILES string of the molecule is COc1cc([N+](=O)[O-])ccc1OCCC[NH+]1CCCCC1. The Bertz CT molecular complexity index is 473. The van der Waals surface area contributed by atoms with Crippen LogP contribution in [0.5, 0.6) is 11.5 Å². The lowest BCUT2D eigenvalue weighted by atomic mass is 10.1. The fourth-order valence-corrected chi connectivity index (χ4v) is 2.70. The first-order chi connectivity index (χ1) is 10.2. The molecule has 21 heavy (non-hydrogen) atoms. The molecule has 0 bridgehead atoms. The molecule has 0 unspecified atom stereocenters. The summed E-state index contributed by atoms with van der Waals surface area (Å²) in [5.74, 6) is 0.978. The van der Waals surface area contributed by atoms with Crippen LogP contribution in [0.2, 0.25) is 0 Å². The van der Waals surface area contributed by atoms with Crippen LogP contribution in [0.1, 0.15) is 25.7 Å². The maximum atomic E-state index is 10.7. The van der Waals surface area contributed by atoms with Crippen LogP contribution in [0.3, 0.4) is 0 Å². The van der Waals surface area contributed by atoms with Crippen molar-refractivity contribution >= 4 is 5.69 Å². The molecule has 2 rings (SSSR count). The lowest BCUT2D eigenvalue weighted by Crippen LogP contribution is -3.12. The van der Waals surface area contributed by atoms with Crippen molar-refractivity contribution in [1.29, 1.82) is 0 Å². The van der Waals surface area contributed by atoms with Crippen LogP contribution in [0.4, 0.5) is 5.69 Å². The van der Waals surface area contributed by atoms with E-state index in [1.165, 1.54) is 51.6 Å². The average molecular weight is 295 g/mol. The van der Waals surface area contributed by atoms with Crippen molar-refractivity contribution in [2.24, 2.45) is 0 Å². The average Bonchev–Trinajstić information content (AvgIpc) is 2.52. The summed E-state index contributed by atoms with van der Waals surface area (Å²) in [5.41, 5.74) is 0.0111. The zero-order valence-corrected chi connectivity index (χ0v) is 12.5. The van der Waals surface area contributed by atoms with Crippen molar-refractivity contribution in [3.05, 3.63) is 28.3 Å². The molecule has 1 aromatic rings. The van der Waals surface area contributed by atoms with Crippen molar-refractivity contribution in [3.63, 3.8) is 0 Å². The molecule has 6 nitrogen and oxygen atoms in total. The molecule has 1 aliphatic rings. The van der Waals surface area contributed by atoms with Gasteiger partial charge in [-0.25, -0.2) is 0 Å². The predicted octanol–water partition coefficient (Wildman–Crippen LogP) is 1.44. The number of piperidine rings is 1. The van der Waals surface area contributed by atoms with E-state index >= 15 is 0 Å². The van der Waals surface area contributed by atoms with E-state index in [1.54, 1.807) is 11.0 Å². The summed E-state index contributed by atoms with van der Waals surface area (Å²) >= 11 is 0. The van der Waals surface area contributed by atoms with Crippen LogP contribution in [-0.2, 0) is 0 Å². The molecule has 1 fully saturated rings. The number of benzene rings is 1. The molecule has 0 saturated carbocycles. The number of rotatable bonds is 7. The van der Waals surface area contributed by atoms with E-state index < -0.39 is 4.92 Å². The Labute approximate surface area is 124 Å². The van der Waals surface area contributed by atoms with Gasteiger partial charge in [0.2, 0.25) is 0 Å². The molecule has 0 aliphatic carbocycles. The molecule has 1 N–H and O–H groups in total. The van der Waals surface area contributed by atoms with E-state index in [4.69, 9.17) is 9.47 Å². The van der Waals surface area contributed by atoms with Crippen LogP contribution < -0.4 is 14.4 Å². The Hall–Kier alpha value is -1.82. The minimum Gasteiger partial charge on any atom is -0.493 e. The van der Waals surface area contributed by atoms with Gasteiger partial charge in [0, 0.05) is 12.5 Å². The highest BCUT2D eigenvalue weighted by Gasteiger charge is 2.14. The number of hydrogen-bond donors (Lipinski definition) is 1. The normalized spacial score (nSPS) is 15.7. The number of nitro benzene ring substituents is 1. The molecule has 1 aromatic carbocycles. The number of nitro groups is 1. The second-order valence-corrected chi connectivity index (χ2v) is 5.35. The van der Waals surface area contributed by atoms with E-state index in [2.05, 4.69) is 0 Å². The van der Waals surface area contributed by atoms with Crippen LogP contribution in [0.25, 0.3) is 0 Å². The maximum absolute atomic E-state index is 10.7. The lowest BCUT2D eigenvalue weighted by molar-refractivity contribution is -0.905. The van der Waals surface area contributed by atoms with Crippen LogP contribution in [0, 0.1) is 10.1 Å². The molecule has 0 aromatic heterocycles. The van der Waals surface area contributed by atoms with Crippen LogP contribution >= 0.6 is 0 Å². The number of hydrogen-bond acceptors (Lipinski definition) is 4. The van der Waals surface area contributed by atoms with Crippen molar-refractivity contribution in [3.8, 4) is 11.5 Å². The number of ether oxygens (including phenoxy) is 2. The minimum absolute atomic E-state index is 0.0111. The van der Waals surface area contributed by atoms with Gasteiger partial charge in [-0.1, -0.05) is 0 Å². The number of quaternary nitrogens is 1. The van der Waals surface area contributed by atoms with Gasteiger partial charge in [0.15, 0.2) is 11.5 Å². The van der Waals surface area contributed by atoms with Gasteiger partial charge in [-0.3, -0.25) is 10.1 Å². The number of nitrogens with zero attached hydrogens (tertiary/aromatic N) is 1. The van der Waals surface area contributed by atoms with Crippen LogP contribution in [-0.4, -0.2) is 38.3 Å². The molecule has 0 atom stereocenters. The van der Waals surface area contributed by atoms with Gasteiger partial charge in [-0.15, -0.1) is 0 Å². The topological polar surface area (TPSA) is 66.0 Å². The quantitative estimate of drug-likeness (QED) is 0.469. The van der Waals surface area contributed by atoms with Gasteiger partial charge in [0.05, 0.1) is 44.3 Å². The largest absolute Gasteiger partial charge is 0.493 e. The van der Waals surface area contributed by atoms with Crippen molar-refractivity contribution < 1.29 is 19.3 Å². The molecule has 1 aliphatic heterocycles. The Morgan fingerprint density at radius 3 is 2.67 bits per heavy atom. The van der Waals surface area contributed by atoms with E-state index in [-0.39, 0.29) is 5.69 Å². The van der Waals surface area contributed by atoms with Gasteiger partial charge in [0.1, 0.15) is 0 Å². The maximum Gasteiger partial charge on any atom is 0.273 e. The summed E-state index contributed by atoms with van der Waals surface area (Å²) in [6.07, 6.45) is 4.99. The molecule has 6 heteroatoms. The molecule has 1 saturated heterocycles. The lowest BCUT2D eigenvalue weighted by Gasteiger charge is -2.23. The third-order valence-electron chi connectivity index (χ3n) is 3.85. The number of likely N-dealkylation sites (tertiary alicyclic amines) is 1. The van der Waals surface area contributed by atoms with Gasteiger partial charge in [0.25, 0.3) is 5.69 Å². The minimum atomic E-state index is -0.438. The molecule has 0 amide bonds. The fourth-order valence-electron chi connectivity index (χ4n) is 2.70. The van der Waals surface area contributed by atoms with Gasteiger partial charge < -0.3 is 14.4 Å². The summed E-state index contributed by atoms with van der Waals surface area (Å²) in [5, 5.41) is 10.7. The smallest absolute Gasteiger partial charge is 0.273 e. The third kappa shape index (κ3) is 4.60. The predicted molar refractivity (Wildman–Crippen MR) is 79.2 cm³/mol. The van der Waals surface area contributed by atoms with Crippen molar-refractivity contribution in [2.75, 3.05) is 33.4 Å². The Morgan fingerprint density at radius 1 is 1.24 bits per heavy atom. The fraction of sp³-hybridized carbons (Fsp3) is 0.600.